The minimum Gasteiger partial charge on any atom is -0.495 e. The summed E-state index contributed by atoms with van der Waals surface area (Å²) in [6, 6.07) is 9.04. The van der Waals surface area contributed by atoms with Gasteiger partial charge >= 0.3 is 0 Å². The van der Waals surface area contributed by atoms with E-state index >= 15 is 0 Å². The van der Waals surface area contributed by atoms with Gasteiger partial charge in [0, 0.05) is 57.6 Å². The molecule has 0 aliphatic carbocycles. The first kappa shape index (κ1) is 29.6. The number of fused-ring (bicyclic) bond motifs is 1. The van der Waals surface area contributed by atoms with Crippen molar-refractivity contribution >= 4 is 45.5 Å². The van der Waals surface area contributed by atoms with Crippen LogP contribution in [0, 0.1) is 11.3 Å². The summed E-state index contributed by atoms with van der Waals surface area (Å²) in [6.45, 7) is 4.28. The number of ether oxygens (including phenoxy) is 5. The zero-order chi connectivity index (χ0) is 27.5. The van der Waals surface area contributed by atoms with E-state index in [-0.39, 0.29) is 0 Å². The summed E-state index contributed by atoms with van der Waals surface area (Å²) in [5, 5.41) is 14.4. The van der Waals surface area contributed by atoms with Crippen LogP contribution in [0.2, 0.25) is 10.0 Å². The van der Waals surface area contributed by atoms with Gasteiger partial charge in [0.05, 0.1) is 66.5 Å². The number of halogens is 2. The van der Waals surface area contributed by atoms with E-state index in [2.05, 4.69) is 21.3 Å². The van der Waals surface area contributed by atoms with Crippen molar-refractivity contribution in [3.63, 3.8) is 0 Å². The Morgan fingerprint density at radius 1 is 0.868 bits per heavy atom. The molecule has 0 bridgehead atoms. The van der Waals surface area contributed by atoms with Crippen molar-refractivity contribution in [2.45, 2.75) is 6.42 Å². The molecule has 1 aromatic heterocycles. The quantitative estimate of drug-likeness (QED) is 0.239. The number of anilines is 2. The summed E-state index contributed by atoms with van der Waals surface area (Å²) in [7, 11) is 6.48. The molecule has 0 unspecified atom stereocenters. The molecule has 0 saturated carbocycles. The van der Waals surface area contributed by atoms with E-state index in [1.165, 1.54) is 13.3 Å². The molecule has 3 aromatic rings. The van der Waals surface area contributed by atoms with Crippen LogP contribution in [0.3, 0.4) is 0 Å². The molecule has 0 radical (unpaired) electrons. The Kier molecular flexibility index (Phi) is 11.5. The van der Waals surface area contributed by atoms with Gasteiger partial charge in [0.2, 0.25) is 0 Å². The van der Waals surface area contributed by atoms with Crippen LogP contribution in [0.5, 0.6) is 17.2 Å². The summed E-state index contributed by atoms with van der Waals surface area (Å²) in [6.07, 6.45) is 2.31. The maximum Gasteiger partial charge on any atom is 0.163 e. The van der Waals surface area contributed by atoms with E-state index in [1.807, 2.05) is 0 Å². The van der Waals surface area contributed by atoms with Gasteiger partial charge in [-0.3, -0.25) is 9.88 Å². The molecule has 0 aliphatic rings. The SMILES string of the molecule is COCCN(CCCOc1cc2ncc(C#N)c(Nc3cc(OC)c(Cl)cc3Cl)c2cc1OC)CCOC. The number of methoxy groups -OCH3 is 4. The van der Waals surface area contributed by atoms with Gasteiger partial charge < -0.3 is 29.0 Å². The first-order valence-corrected chi connectivity index (χ1v) is 12.7. The van der Waals surface area contributed by atoms with E-state index < -0.39 is 0 Å². The van der Waals surface area contributed by atoms with Crippen LogP contribution in [-0.2, 0) is 9.47 Å². The van der Waals surface area contributed by atoms with Crippen molar-refractivity contribution in [2.75, 3.05) is 73.2 Å². The lowest BCUT2D eigenvalue weighted by Gasteiger charge is -2.21. The average Bonchev–Trinajstić information content (AvgIpc) is 2.93. The molecule has 1 N–H and O–H groups in total. The van der Waals surface area contributed by atoms with Crippen molar-refractivity contribution < 1.29 is 23.7 Å². The van der Waals surface area contributed by atoms with Gasteiger partial charge in [-0.15, -0.1) is 0 Å². The molecular weight excluding hydrogens is 531 g/mol. The van der Waals surface area contributed by atoms with Crippen LogP contribution in [0.4, 0.5) is 11.4 Å². The third kappa shape index (κ3) is 7.53. The molecule has 0 amide bonds. The first-order chi connectivity index (χ1) is 18.4. The highest BCUT2D eigenvalue weighted by Gasteiger charge is 2.17. The summed E-state index contributed by atoms with van der Waals surface area (Å²) in [4.78, 5) is 6.74. The number of rotatable bonds is 15. The second-order valence-corrected chi connectivity index (χ2v) is 9.11. The number of nitriles is 1. The van der Waals surface area contributed by atoms with Gasteiger partial charge in [-0.05, 0) is 18.6 Å². The van der Waals surface area contributed by atoms with E-state index in [1.54, 1.807) is 45.6 Å². The molecule has 1 heterocycles. The van der Waals surface area contributed by atoms with Gasteiger partial charge in [0.25, 0.3) is 0 Å². The highest BCUT2D eigenvalue weighted by atomic mass is 35.5. The van der Waals surface area contributed by atoms with Gasteiger partial charge in [-0.1, -0.05) is 23.2 Å². The Labute approximate surface area is 233 Å². The maximum absolute atomic E-state index is 9.76. The fourth-order valence-electron chi connectivity index (χ4n) is 3.85. The Bertz CT molecular complexity index is 1260. The second-order valence-electron chi connectivity index (χ2n) is 8.30. The normalized spacial score (nSPS) is 11.0. The molecule has 204 valence electrons. The highest BCUT2D eigenvalue weighted by molar-refractivity contribution is 6.37. The number of pyridine rings is 1. The molecule has 0 spiro atoms. The Morgan fingerprint density at radius 3 is 2.21 bits per heavy atom. The minimum absolute atomic E-state index is 0.338. The molecule has 0 fully saturated rings. The van der Waals surface area contributed by atoms with Crippen molar-refractivity contribution in [3.05, 3.63) is 46.1 Å². The molecule has 0 saturated heterocycles. The zero-order valence-corrected chi connectivity index (χ0v) is 23.5. The van der Waals surface area contributed by atoms with E-state index in [0.717, 1.165) is 26.1 Å². The van der Waals surface area contributed by atoms with Crippen LogP contribution in [-0.4, -0.2) is 77.8 Å². The van der Waals surface area contributed by atoms with Crippen molar-refractivity contribution in [1.29, 1.82) is 5.26 Å². The van der Waals surface area contributed by atoms with Gasteiger partial charge in [-0.25, -0.2) is 0 Å². The van der Waals surface area contributed by atoms with Crippen LogP contribution >= 0.6 is 23.2 Å². The molecule has 2 aromatic carbocycles. The smallest absolute Gasteiger partial charge is 0.163 e. The van der Waals surface area contributed by atoms with E-state index in [0.29, 0.717) is 75.0 Å². The standard InChI is InChI=1S/C27H32Cl2N4O5/c1-34-10-7-33(8-11-35-2)6-5-9-38-26-14-22-19(12-25(26)37-4)27(18(16-30)17-31-22)32-23-15-24(36-3)21(29)13-20(23)28/h12-15,17H,5-11H2,1-4H3,(H,31,32). The fourth-order valence-corrected chi connectivity index (χ4v) is 4.36. The molecular formula is C27H32Cl2N4O5. The van der Waals surface area contributed by atoms with E-state index in [9.17, 15) is 5.26 Å². The van der Waals surface area contributed by atoms with Gasteiger partial charge in [0.15, 0.2) is 11.5 Å². The fraction of sp³-hybridized carbons (Fsp3) is 0.407. The van der Waals surface area contributed by atoms with Crippen molar-refractivity contribution in [1.82, 2.24) is 9.88 Å². The molecule has 11 heteroatoms. The van der Waals surface area contributed by atoms with Gasteiger partial charge in [0.1, 0.15) is 11.8 Å². The summed E-state index contributed by atoms with van der Waals surface area (Å²) in [5.41, 5.74) is 2.02. The lowest BCUT2D eigenvalue weighted by atomic mass is 10.1. The molecule has 3 rings (SSSR count). The predicted octanol–water partition coefficient (Wildman–Crippen LogP) is 5.54. The van der Waals surface area contributed by atoms with Crippen LogP contribution in [0.25, 0.3) is 10.9 Å². The van der Waals surface area contributed by atoms with Gasteiger partial charge in [-0.2, -0.15) is 5.26 Å². The average molecular weight is 563 g/mol. The monoisotopic (exact) mass is 562 g/mol. The lowest BCUT2D eigenvalue weighted by Crippen LogP contribution is -2.32. The Hall–Kier alpha value is -3.00. The summed E-state index contributed by atoms with van der Waals surface area (Å²) >= 11 is 12.6. The van der Waals surface area contributed by atoms with Crippen LogP contribution < -0.4 is 19.5 Å². The van der Waals surface area contributed by atoms with E-state index in [4.69, 9.17) is 46.9 Å². The minimum atomic E-state index is 0.338. The number of hydrogen-bond donors (Lipinski definition) is 1. The number of nitrogens with zero attached hydrogens (tertiary/aromatic N) is 3. The van der Waals surface area contributed by atoms with Crippen LogP contribution in [0.1, 0.15) is 12.0 Å². The topological polar surface area (TPSA) is 98.1 Å². The molecule has 0 atom stereocenters. The number of nitrogens with one attached hydrogen (secondary N) is 1. The lowest BCUT2D eigenvalue weighted by molar-refractivity contribution is 0.110. The maximum atomic E-state index is 9.76. The second kappa shape index (κ2) is 14.8. The number of aromatic nitrogens is 1. The van der Waals surface area contributed by atoms with Crippen molar-refractivity contribution in [3.8, 4) is 23.3 Å². The van der Waals surface area contributed by atoms with Crippen LogP contribution in [0.15, 0.2) is 30.5 Å². The Morgan fingerprint density at radius 2 is 1.58 bits per heavy atom. The first-order valence-electron chi connectivity index (χ1n) is 12.0. The number of benzene rings is 2. The number of hydrogen-bond acceptors (Lipinski definition) is 9. The summed E-state index contributed by atoms with van der Waals surface area (Å²) < 4.78 is 27.4. The predicted molar refractivity (Wildman–Crippen MR) is 150 cm³/mol. The molecule has 0 aliphatic heterocycles. The van der Waals surface area contributed by atoms with Crippen molar-refractivity contribution in [2.24, 2.45) is 0 Å². The third-order valence-corrected chi connectivity index (χ3v) is 6.48. The Balaban J connectivity index is 1.84. The molecule has 9 nitrogen and oxygen atoms in total. The third-order valence-electron chi connectivity index (χ3n) is 5.87. The summed E-state index contributed by atoms with van der Waals surface area (Å²) in [5.74, 6) is 1.54. The molecule has 38 heavy (non-hydrogen) atoms. The zero-order valence-electron chi connectivity index (χ0n) is 22.0. The largest absolute Gasteiger partial charge is 0.495 e. The highest BCUT2D eigenvalue weighted by Crippen LogP contribution is 2.40.